The van der Waals surface area contributed by atoms with E-state index in [4.69, 9.17) is 0 Å². The van der Waals surface area contributed by atoms with Gasteiger partial charge in [0.05, 0.1) is 0 Å². The lowest BCUT2D eigenvalue weighted by atomic mass is 9.91. The molecule has 1 atom stereocenters. The molecule has 1 aliphatic heterocycles. The summed E-state index contributed by atoms with van der Waals surface area (Å²) in [4.78, 5) is 38.1. The lowest BCUT2D eigenvalue weighted by molar-refractivity contribution is -0.148. The zero-order valence-electron chi connectivity index (χ0n) is 14.8. The third-order valence-electron chi connectivity index (χ3n) is 4.79. The molecule has 1 heterocycles. The van der Waals surface area contributed by atoms with E-state index in [9.17, 15) is 19.5 Å². The van der Waals surface area contributed by atoms with E-state index in [1.165, 1.54) is 0 Å². The van der Waals surface area contributed by atoms with E-state index in [2.05, 4.69) is 5.32 Å². The number of piperidine rings is 1. The fourth-order valence-electron chi connectivity index (χ4n) is 3.20. The Morgan fingerprint density at radius 1 is 1.20 bits per heavy atom. The molecule has 0 saturated carbocycles. The van der Waals surface area contributed by atoms with Crippen LogP contribution in [0.2, 0.25) is 0 Å². The second kappa shape index (κ2) is 8.14. The number of amides is 2. The molecule has 1 fully saturated rings. The summed E-state index contributed by atoms with van der Waals surface area (Å²) in [5.74, 6) is -1.53. The number of carboxylic acids is 1. The van der Waals surface area contributed by atoms with Crippen molar-refractivity contribution >= 4 is 17.8 Å². The third kappa shape index (κ3) is 4.59. The molecule has 0 spiro atoms. The summed E-state index contributed by atoms with van der Waals surface area (Å²) in [6.45, 7) is 4.44. The molecule has 0 bridgehead atoms. The van der Waals surface area contributed by atoms with Crippen molar-refractivity contribution in [3.8, 4) is 0 Å². The molecular weight excluding hydrogens is 320 g/mol. The average molecular weight is 346 g/mol. The maximum atomic E-state index is 12.5. The number of nitrogens with one attached hydrogen (secondary N) is 1. The average Bonchev–Trinajstić information content (AvgIpc) is 2.62. The van der Waals surface area contributed by atoms with Gasteiger partial charge in [0.1, 0.15) is 5.54 Å². The van der Waals surface area contributed by atoms with Crippen molar-refractivity contribution in [2.75, 3.05) is 13.1 Å². The van der Waals surface area contributed by atoms with Crippen LogP contribution in [0.5, 0.6) is 0 Å². The summed E-state index contributed by atoms with van der Waals surface area (Å²) in [6, 6.07) is 9.08. The van der Waals surface area contributed by atoms with Crippen LogP contribution in [0.3, 0.4) is 0 Å². The Morgan fingerprint density at radius 3 is 2.32 bits per heavy atom. The number of carboxylic acid groups (broad SMARTS) is 1. The highest BCUT2D eigenvalue weighted by Gasteiger charge is 2.37. The van der Waals surface area contributed by atoms with Crippen LogP contribution in [-0.2, 0) is 9.59 Å². The number of nitrogens with zero attached hydrogens (tertiary/aromatic N) is 1. The van der Waals surface area contributed by atoms with Gasteiger partial charge in [-0.2, -0.15) is 0 Å². The predicted octanol–water partition coefficient (Wildman–Crippen LogP) is 2.30. The SMILES string of the molecule is CCCC(C)(NC(=O)C1CCN(C(=O)c2ccccc2)CC1)C(=O)O. The van der Waals surface area contributed by atoms with E-state index in [1.54, 1.807) is 24.0 Å². The Morgan fingerprint density at radius 2 is 1.80 bits per heavy atom. The van der Waals surface area contributed by atoms with Crippen molar-refractivity contribution in [2.24, 2.45) is 5.92 Å². The third-order valence-corrected chi connectivity index (χ3v) is 4.79. The molecule has 1 aromatic rings. The molecule has 0 aliphatic carbocycles. The van der Waals surface area contributed by atoms with Gasteiger partial charge >= 0.3 is 5.97 Å². The van der Waals surface area contributed by atoms with Crippen molar-refractivity contribution in [2.45, 2.75) is 45.1 Å². The van der Waals surface area contributed by atoms with Crippen LogP contribution in [0, 0.1) is 5.92 Å². The first-order chi connectivity index (χ1) is 11.9. The molecule has 25 heavy (non-hydrogen) atoms. The van der Waals surface area contributed by atoms with Crippen LogP contribution in [-0.4, -0.2) is 46.4 Å². The second-order valence-electron chi connectivity index (χ2n) is 6.81. The molecule has 0 radical (unpaired) electrons. The van der Waals surface area contributed by atoms with E-state index in [0.29, 0.717) is 44.3 Å². The zero-order chi connectivity index (χ0) is 18.4. The first-order valence-corrected chi connectivity index (χ1v) is 8.77. The maximum absolute atomic E-state index is 12.5. The van der Waals surface area contributed by atoms with Gasteiger partial charge < -0.3 is 15.3 Å². The number of aliphatic carboxylic acids is 1. The molecule has 6 heteroatoms. The minimum Gasteiger partial charge on any atom is -0.480 e. The summed E-state index contributed by atoms with van der Waals surface area (Å²) in [6.07, 6.45) is 2.16. The van der Waals surface area contributed by atoms with Gasteiger partial charge in [0.2, 0.25) is 5.91 Å². The molecule has 2 N–H and O–H groups in total. The zero-order valence-corrected chi connectivity index (χ0v) is 14.8. The maximum Gasteiger partial charge on any atom is 0.329 e. The van der Waals surface area contributed by atoms with E-state index >= 15 is 0 Å². The van der Waals surface area contributed by atoms with Crippen molar-refractivity contribution in [3.05, 3.63) is 35.9 Å². The van der Waals surface area contributed by atoms with Gasteiger partial charge in [0.15, 0.2) is 0 Å². The quantitative estimate of drug-likeness (QED) is 0.827. The normalized spacial score (nSPS) is 17.6. The predicted molar refractivity (Wildman–Crippen MR) is 94.2 cm³/mol. The van der Waals surface area contributed by atoms with Gasteiger partial charge in [0, 0.05) is 24.6 Å². The van der Waals surface area contributed by atoms with Crippen LogP contribution in [0.1, 0.15) is 49.9 Å². The highest BCUT2D eigenvalue weighted by Crippen LogP contribution is 2.21. The monoisotopic (exact) mass is 346 g/mol. The van der Waals surface area contributed by atoms with Gasteiger partial charge in [-0.3, -0.25) is 9.59 Å². The molecule has 1 aliphatic rings. The fraction of sp³-hybridized carbons (Fsp3) is 0.526. The largest absolute Gasteiger partial charge is 0.480 e. The van der Waals surface area contributed by atoms with E-state index in [0.717, 1.165) is 0 Å². The Kier molecular flexibility index (Phi) is 6.17. The molecular formula is C19H26N2O4. The topological polar surface area (TPSA) is 86.7 Å². The van der Waals surface area contributed by atoms with Crippen molar-refractivity contribution in [3.63, 3.8) is 0 Å². The van der Waals surface area contributed by atoms with Crippen molar-refractivity contribution in [1.29, 1.82) is 0 Å². The summed E-state index contributed by atoms with van der Waals surface area (Å²) >= 11 is 0. The number of hydrogen-bond donors (Lipinski definition) is 2. The van der Waals surface area contributed by atoms with Gasteiger partial charge in [-0.05, 0) is 38.3 Å². The lowest BCUT2D eigenvalue weighted by Crippen LogP contribution is -2.55. The van der Waals surface area contributed by atoms with Gasteiger partial charge in [-0.1, -0.05) is 31.5 Å². The second-order valence-corrected chi connectivity index (χ2v) is 6.81. The summed E-state index contributed by atoms with van der Waals surface area (Å²) in [7, 11) is 0. The van der Waals surface area contributed by atoms with Gasteiger partial charge in [-0.25, -0.2) is 4.79 Å². The molecule has 6 nitrogen and oxygen atoms in total. The van der Waals surface area contributed by atoms with Gasteiger partial charge in [0.25, 0.3) is 5.91 Å². The smallest absolute Gasteiger partial charge is 0.329 e. The van der Waals surface area contributed by atoms with Crippen LogP contribution in [0.25, 0.3) is 0 Å². The minimum atomic E-state index is -1.23. The molecule has 2 rings (SSSR count). The number of carbonyl (C=O) groups excluding carboxylic acids is 2. The molecule has 136 valence electrons. The molecule has 1 aromatic carbocycles. The van der Waals surface area contributed by atoms with Crippen molar-refractivity contribution < 1.29 is 19.5 Å². The fourth-order valence-corrected chi connectivity index (χ4v) is 3.20. The van der Waals surface area contributed by atoms with Crippen molar-refractivity contribution in [1.82, 2.24) is 10.2 Å². The summed E-state index contributed by atoms with van der Waals surface area (Å²) in [5.41, 5.74) is -0.588. The van der Waals surface area contributed by atoms with Gasteiger partial charge in [-0.15, -0.1) is 0 Å². The molecule has 1 unspecified atom stereocenters. The summed E-state index contributed by atoms with van der Waals surface area (Å²) in [5, 5.41) is 12.1. The molecule has 1 saturated heterocycles. The lowest BCUT2D eigenvalue weighted by Gasteiger charge is -2.34. The first kappa shape index (κ1) is 19.0. The Labute approximate surface area is 148 Å². The first-order valence-electron chi connectivity index (χ1n) is 8.77. The standard InChI is InChI=1S/C19H26N2O4/c1-3-11-19(2,18(24)25)20-16(22)14-9-12-21(13-10-14)17(23)15-7-5-4-6-8-15/h4-8,14H,3,9-13H2,1-2H3,(H,20,22)(H,24,25). The minimum absolute atomic E-state index is 0.0270. The number of benzene rings is 1. The highest BCUT2D eigenvalue weighted by molar-refractivity contribution is 5.94. The molecule has 2 amide bonds. The number of hydrogen-bond acceptors (Lipinski definition) is 3. The van der Waals surface area contributed by atoms with Crippen LogP contribution >= 0.6 is 0 Å². The number of rotatable bonds is 6. The van der Waals surface area contributed by atoms with Crippen LogP contribution in [0.4, 0.5) is 0 Å². The van der Waals surface area contributed by atoms with Crippen LogP contribution in [0.15, 0.2) is 30.3 Å². The Hall–Kier alpha value is -2.37. The highest BCUT2D eigenvalue weighted by atomic mass is 16.4. The number of carbonyl (C=O) groups is 3. The Balaban J connectivity index is 1.92. The number of likely N-dealkylation sites (tertiary alicyclic amines) is 1. The van der Waals surface area contributed by atoms with E-state index in [-0.39, 0.29) is 17.7 Å². The van der Waals surface area contributed by atoms with E-state index < -0.39 is 11.5 Å². The summed E-state index contributed by atoms with van der Waals surface area (Å²) < 4.78 is 0. The Bertz CT molecular complexity index is 624. The molecule has 0 aromatic heterocycles. The van der Waals surface area contributed by atoms with E-state index in [1.807, 2.05) is 25.1 Å². The van der Waals surface area contributed by atoms with Crippen LogP contribution < -0.4 is 5.32 Å².